The van der Waals surface area contributed by atoms with Crippen molar-refractivity contribution >= 4 is 28.2 Å². The van der Waals surface area contributed by atoms with Crippen LogP contribution in [0.1, 0.15) is 33.8 Å². The standard InChI is InChI=1S/C15H15N3O3/c1-8-17-11-4-2-3-10(16)14(11)15(21)18(8)12-6-5-9(19)7-13(12)20/h2-4,12H,5-7,16H2,1H3/i1D,5D. The molecule has 1 heterocycles. The maximum Gasteiger partial charge on any atom is 0.264 e. The molecule has 1 aromatic heterocycles. The fourth-order valence-corrected chi connectivity index (χ4v) is 2.62. The molecule has 2 aromatic rings. The number of aromatic nitrogens is 2. The second kappa shape index (κ2) is 4.80. The number of hydrogen-bond donors (Lipinski definition) is 1. The number of carbonyl (C=O) groups is 2. The maximum absolute atomic E-state index is 12.8. The normalized spacial score (nSPS) is 24.0. The van der Waals surface area contributed by atoms with Crippen LogP contribution in [0.5, 0.6) is 0 Å². The first-order chi connectivity index (χ1) is 10.9. The third-order valence-electron chi connectivity index (χ3n) is 3.64. The number of rotatable bonds is 1. The summed E-state index contributed by atoms with van der Waals surface area (Å²) in [4.78, 5) is 40.8. The molecule has 1 fully saturated rings. The van der Waals surface area contributed by atoms with Crippen molar-refractivity contribution in [3.05, 3.63) is 34.4 Å². The Kier molecular flexibility index (Phi) is 2.56. The molecule has 0 saturated heterocycles. The molecule has 21 heavy (non-hydrogen) atoms. The Bertz CT molecular complexity index is 878. The second-order valence-corrected chi connectivity index (χ2v) is 5.01. The zero-order chi connectivity index (χ0) is 16.7. The number of benzene rings is 1. The highest BCUT2D eigenvalue weighted by Crippen LogP contribution is 2.24. The number of Topliss-reactive ketones (excluding diaryl/α,β-unsaturated/α-hetero) is 2. The van der Waals surface area contributed by atoms with Crippen LogP contribution in [0, 0.1) is 6.90 Å². The molecule has 3 rings (SSSR count). The van der Waals surface area contributed by atoms with E-state index in [1.54, 1.807) is 18.2 Å². The lowest BCUT2D eigenvalue weighted by atomic mass is 9.92. The van der Waals surface area contributed by atoms with Crippen molar-refractivity contribution < 1.29 is 12.3 Å². The lowest BCUT2D eigenvalue weighted by molar-refractivity contribution is -0.132. The number of anilines is 1. The average Bonchev–Trinajstić information content (AvgIpc) is 2.51. The predicted octanol–water partition coefficient (Wildman–Crippen LogP) is 1.15. The smallest absolute Gasteiger partial charge is 0.264 e. The van der Waals surface area contributed by atoms with Crippen LogP contribution < -0.4 is 11.3 Å². The minimum absolute atomic E-state index is 0.0789. The summed E-state index contributed by atoms with van der Waals surface area (Å²) in [6.07, 6.45) is -1.50. The summed E-state index contributed by atoms with van der Waals surface area (Å²) >= 11 is 0. The fraction of sp³-hybridized carbons (Fsp3) is 0.333. The van der Waals surface area contributed by atoms with E-state index in [9.17, 15) is 14.4 Å². The van der Waals surface area contributed by atoms with E-state index in [4.69, 9.17) is 8.48 Å². The van der Waals surface area contributed by atoms with Crippen molar-refractivity contribution in [3.8, 4) is 0 Å². The minimum atomic E-state index is -1.05. The van der Waals surface area contributed by atoms with Gasteiger partial charge < -0.3 is 5.73 Å². The van der Waals surface area contributed by atoms with E-state index < -0.39 is 29.6 Å². The summed E-state index contributed by atoms with van der Waals surface area (Å²) in [6, 6.07) is 3.90. The van der Waals surface area contributed by atoms with Crippen LogP contribution in [0.15, 0.2) is 23.0 Å². The first-order valence-corrected chi connectivity index (χ1v) is 6.50. The number of nitrogens with zero attached hydrogens (tertiary/aromatic N) is 2. The summed E-state index contributed by atoms with van der Waals surface area (Å²) in [5.74, 6) is -0.737. The van der Waals surface area contributed by atoms with Crippen molar-refractivity contribution in [3.63, 3.8) is 0 Å². The van der Waals surface area contributed by atoms with E-state index in [-0.39, 0.29) is 36.6 Å². The van der Waals surface area contributed by atoms with Gasteiger partial charge in [-0.2, -0.15) is 0 Å². The highest BCUT2D eigenvalue weighted by atomic mass is 16.2. The quantitative estimate of drug-likeness (QED) is 0.627. The Morgan fingerprint density at radius 3 is 3.00 bits per heavy atom. The molecule has 108 valence electrons. The monoisotopic (exact) mass is 287 g/mol. The Morgan fingerprint density at radius 1 is 1.43 bits per heavy atom. The zero-order valence-corrected chi connectivity index (χ0v) is 11.2. The summed E-state index contributed by atoms with van der Waals surface area (Å²) in [5.41, 5.74) is 5.96. The van der Waals surface area contributed by atoms with Gasteiger partial charge in [-0.25, -0.2) is 4.98 Å². The van der Waals surface area contributed by atoms with Gasteiger partial charge in [-0.3, -0.25) is 19.0 Å². The van der Waals surface area contributed by atoms with Crippen LogP contribution in [-0.4, -0.2) is 21.1 Å². The van der Waals surface area contributed by atoms with Gasteiger partial charge in [0.1, 0.15) is 11.6 Å². The van der Waals surface area contributed by atoms with Crippen LogP contribution in [0.25, 0.3) is 10.9 Å². The number of ketones is 2. The van der Waals surface area contributed by atoms with Gasteiger partial charge >= 0.3 is 0 Å². The fourth-order valence-electron chi connectivity index (χ4n) is 2.62. The first kappa shape index (κ1) is 11.2. The van der Waals surface area contributed by atoms with Crippen LogP contribution in [0.2, 0.25) is 0 Å². The molecule has 1 aliphatic rings. The largest absolute Gasteiger partial charge is 0.398 e. The van der Waals surface area contributed by atoms with Gasteiger partial charge in [-0.1, -0.05) is 6.07 Å². The molecule has 1 saturated carbocycles. The summed E-state index contributed by atoms with van der Waals surface area (Å²) in [6.45, 7) is -0.291. The van der Waals surface area contributed by atoms with E-state index in [0.717, 1.165) is 4.57 Å². The van der Waals surface area contributed by atoms with Crippen molar-refractivity contribution in [1.82, 2.24) is 9.55 Å². The molecule has 0 aliphatic heterocycles. The molecule has 6 nitrogen and oxygen atoms in total. The third-order valence-corrected chi connectivity index (χ3v) is 3.64. The van der Waals surface area contributed by atoms with E-state index in [2.05, 4.69) is 4.98 Å². The first-order valence-electron chi connectivity index (χ1n) is 7.79. The molecular weight excluding hydrogens is 270 g/mol. The Hall–Kier alpha value is -2.50. The molecule has 0 radical (unpaired) electrons. The van der Waals surface area contributed by atoms with Gasteiger partial charge in [0.25, 0.3) is 5.56 Å². The van der Waals surface area contributed by atoms with Crippen LogP contribution in [-0.2, 0) is 9.59 Å². The predicted molar refractivity (Wildman–Crippen MR) is 78.1 cm³/mol. The number of aryl methyl sites for hydroxylation is 1. The lowest BCUT2D eigenvalue weighted by Crippen LogP contribution is -2.36. The Balaban J connectivity index is 2.26. The van der Waals surface area contributed by atoms with E-state index >= 15 is 0 Å². The molecule has 0 spiro atoms. The molecule has 2 atom stereocenters. The second-order valence-electron chi connectivity index (χ2n) is 5.01. The number of carbonyl (C=O) groups excluding carboxylic acids is 2. The highest BCUT2D eigenvalue weighted by molar-refractivity contribution is 6.03. The average molecular weight is 287 g/mol. The number of hydrogen-bond acceptors (Lipinski definition) is 5. The molecular formula is C15H15N3O3. The third kappa shape index (κ3) is 2.12. The van der Waals surface area contributed by atoms with Crippen molar-refractivity contribution in [2.45, 2.75) is 32.2 Å². The topological polar surface area (TPSA) is 95.0 Å². The van der Waals surface area contributed by atoms with Crippen molar-refractivity contribution in [2.75, 3.05) is 5.73 Å². The highest BCUT2D eigenvalue weighted by Gasteiger charge is 2.30. The molecule has 0 amide bonds. The van der Waals surface area contributed by atoms with Crippen LogP contribution in [0.4, 0.5) is 5.69 Å². The summed E-state index contributed by atoms with van der Waals surface area (Å²) < 4.78 is 16.5. The van der Waals surface area contributed by atoms with E-state index in [1.165, 1.54) is 0 Å². The van der Waals surface area contributed by atoms with Crippen LogP contribution >= 0.6 is 0 Å². The van der Waals surface area contributed by atoms with Crippen LogP contribution in [0.3, 0.4) is 0 Å². The summed E-state index contributed by atoms with van der Waals surface area (Å²) in [7, 11) is 0. The molecule has 2 N–H and O–H groups in total. The van der Waals surface area contributed by atoms with Gasteiger partial charge in [0.05, 0.1) is 23.4 Å². The number of fused-ring (bicyclic) bond motifs is 1. The Morgan fingerprint density at radius 2 is 2.24 bits per heavy atom. The number of nitrogen functional groups attached to an aromatic ring is 1. The zero-order valence-electron chi connectivity index (χ0n) is 13.2. The molecule has 1 aliphatic carbocycles. The number of nitrogens with two attached hydrogens (primary N) is 1. The van der Waals surface area contributed by atoms with Gasteiger partial charge in [-0.05, 0) is 25.5 Å². The molecule has 1 aromatic carbocycles. The molecule has 2 unspecified atom stereocenters. The van der Waals surface area contributed by atoms with Gasteiger partial charge in [0.2, 0.25) is 0 Å². The molecule has 6 heteroatoms. The van der Waals surface area contributed by atoms with Gasteiger partial charge in [-0.15, -0.1) is 0 Å². The SMILES string of the molecule is [2H]Cc1nc2cccc(N)c2c(=O)n1C1CC([2H])C(=O)CC1=O. The molecule has 0 bridgehead atoms. The Labute approximate surface area is 123 Å². The summed E-state index contributed by atoms with van der Waals surface area (Å²) in [5, 5.41) is 0.191. The van der Waals surface area contributed by atoms with Gasteiger partial charge in [0, 0.05) is 14.8 Å². The lowest BCUT2D eigenvalue weighted by Gasteiger charge is -2.24. The van der Waals surface area contributed by atoms with Crippen molar-refractivity contribution in [2.24, 2.45) is 0 Å². The maximum atomic E-state index is 12.8. The van der Waals surface area contributed by atoms with Gasteiger partial charge in [0.15, 0.2) is 5.78 Å². The minimum Gasteiger partial charge on any atom is -0.398 e. The van der Waals surface area contributed by atoms with E-state index in [0.29, 0.717) is 5.52 Å². The van der Waals surface area contributed by atoms with E-state index in [1.807, 2.05) is 0 Å². The van der Waals surface area contributed by atoms with Crippen molar-refractivity contribution in [1.29, 1.82) is 0 Å².